The first kappa shape index (κ1) is 15.3. The van der Waals surface area contributed by atoms with Crippen LogP contribution in [0.1, 0.15) is 35.2 Å². The van der Waals surface area contributed by atoms with E-state index < -0.39 is 20.8 Å². The molecule has 1 aliphatic rings. The zero-order valence-corrected chi connectivity index (χ0v) is 12.5. The summed E-state index contributed by atoms with van der Waals surface area (Å²) in [7, 11) is 1.26. The van der Waals surface area contributed by atoms with Crippen LogP contribution >= 0.6 is 10.7 Å². The largest absolute Gasteiger partial charge is 0.352 e. The number of hydrogen-bond acceptors (Lipinski definition) is 3. The lowest BCUT2D eigenvalue weighted by atomic mass is 10.1. The first-order valence-corrected chi connectivity index (χ1v) is 8.63. The molecule has 7 heteroatoms. The molecule has 1 aromatic carbocycles. The molecule has 20 heavy (non-hydrogen) atoms. The van der Waals surface area contributed by atoms with Gasteiger partial charge >= 0.3 is 0 Å². The second-order valence-electron chi connectivity index (χ2n) is 5.02. The van der Waals surface area contributed by atoms with Crippen molar-refractivity contribution >= 4 is 25.6 Å². The van der Waals surface area contributed by atoms with Gasteiger partial charge < -0.3 is 5.32 Å². The van der Waals surface area contributed by atoms with Gasteiger partial charge in [-0.3, -0.25) is 4.79 Å². The van der Waals surface area contributed by atoms with Crippen molar-refractivity contribution in [2.45, 2.75) is 31.1 Å². The predicted molar refractivity (Wildman–Crippen MR) is 73.9 cm³/mol. The molecule has 0 heterocycles. The van der Waals surface area contributed by atoms with Gasteiger partial charge in [-0.2, -0.15) is 0 Å². The summed E-state index contributed by atoms with van der Waals surface area (Å²) >= 11 is 0. The Kier molecular flexibility index (Phi) is 4.34. The number of hydrogen-bond donors (Lipinski definition) is 1. The maximum Gasteiger partial charge on any atom is 0.261 e. The number of carbonyl (C=O) groups is 1. The molecule has 0 saturated heterocycles. The van der Waals surface area contributed by atoms with E-state index in [4.69, 9.17) is 10.7 Å². The molecule has 4 nitrogen and oxygen atoms in total. The quantitative estimate of drug-likeness (QED) is 0.848. The molecule has 0 atom stereocenters. The highest BCUT2D eigenvalue weighted by Gasteiger charge is 2.23. The number of carbonyl (C=O) groups excluding carboxylic acids is 1. The number of halogens is 2. The van der Waals surface area contributed by atoms with Crippen molar-refractivity contribution in [3.05, 3.63) is 29.1 Å². The zero-order chi connectivity index (χ0) is 14.9. The standard InChI is InChI=1S/C13H15ClFNO3S/c1-8-6-11(15)10(7-12(8)20(14,18)19)13(17)16-5-4-9-2-3-9/h6-7,9H,2-5H2,1H3,(H,16,17). The van der Waals surface area contributed by atoms with Crippen molar-refractivity contribution in [2.75, 3.05) is 6.54 Å². The minimum Gasteiger partial charge on any atom is -0.352 e. The predicted octanol–water partition coefficient (Wildman–Crippen LogP) is 2.59. The average molecular weight is 320 g/mol. The molecule has 1 N–H and O–H groups in total. The van der Waals surface area contributed by atoms with Gasteiger partial charge in [0.15, 0.2) is 0 Å². The van der Waals surface area contributed by atoms with Gasteiger partial charge in [0.1, 0.15) is 5.82 Å². The van der Waals surface area contributed by atoms with E-state index in [1.54, 1.807) is 0 Å². The molecule has 1 aliphatic carbocycles. The van der Waals surface area contributed by atoms with Crippen LogP contribution in [0.4, 0.5) is 4.39 Å². The first-order valence-electron chi connectivity index (χ1n) is 6.32. The van der Waals surface area contributed by atoms with Crippen molar-refractivity contribution in [1.29, 1.82) is 0 Å². The topological polar surface area (TPSA) is 63.2 Å². The van der Waals surface area contributed by atoms with E-state index in [1.807, 2.05) is 0 Å². The van der Waals surface area contributed by atoms with E-state index in [1.165, 1.54) is 19.8 Å². The molecule has 1 fully saturated rings. The van der Waals surface area contributed by atoms with Crippen molar-refractivity contribution in [2.24, 2.45) is 5.92 Å². The van der Waals surface area contributed by atoms with Crippen LogP contribution in [0.15, 0.2) is 17.0 Å². The Balaban J connectivity index is 2.19. The number of aryl methyl sites for hydroxylation is 1. The van der Waals surface area contributed by atoms with E-state index in [2.05, 4.69) is 5.32 Å². The molecule has 1 saturated carbocycles. The fourth-order valence-corrected chi connectivity index (χ4v) is 3.18. The fraction of sp³-hybridized carbons (Fsp3) is 0.462. The highest BCUT2D eigenvalue weighted by atomic mass is 35.7. The number of amides is 1. The van der Waals surface area contributed by atoms with E-state index in [-0.39, 0.29) is 16.0 Å². The van der Waals surface area contributed by atoms with Crippen LogP contribution in [0.3, 0.4) is 0 Å². The summed E-state index contributed by atoms with van der Waals surface area (Å²) < 4.78 is 36.5. The van der Waals surface area contributed by atoms with Crippen LogP contribution < -0.4 is 5.32 Å². The molecule has 110 valence electrons. The molecule has 0 radical (unpaired) electrons. The van der Waals surface area contributed by atoms with Gasteiger partial charge in [-0.15, -0.1) is 0 Å². The molecular weight excluding hydrogens is 305 g/mol. The summed E-state index contributed by atoms with van der Waals surface area (Å²) in [6.45, 7) is 1.88. The monoisotopic (exact) mass is 319 g/mol. The Morgan fingerprint density at radius 3 is 2.65 bits per heavy atom. The molecule has 0 unspecified atom stereocenters. The Bertz CT molecular complexity index is 641. The normalized spacial score (nSPS) is 15.2. The van der Waals surface area contributed by atoms with Crippen molar-refractivity contribution in [3.63, 3.8) is 0 Å². The maximum atomic E-state index is 13.8. The van der Waals surface area contributed by atoms with E-state index in [9.17, 15) is 17.6 Å². The summed E-state index contributed by atoms with van der Waals surface area (Å²) in [5.41, 5.74) is -0.127. The second kappa shape index (κ2) is 5.69. The summed E-state index contributed by atoms with van der Waals surface area (Å²) in [5, 5.41) is 2.59. The number of nitrogens with one attached hydrogen (secondary N) is 1. The van der Waals surface area contributed by atoms with Gasteiger partial charge in [0, 0.05) is 17.2 Å². The Hall–Kier alpha value is -1.14. The summed E-state index contributed by atoms with van der Waals surface area (Å²) in [6, 6.07) is 1.99. The number of rotatable bonds is 5. The molecule has 1 aromatic rings. The third-order valence-corrected chi connectivity index (χ3v) is 4.77. The minimum absolute atomic E-state index is 0.173. The highest BCUT2D eigenvalue weighted by Crippen LogP contribution is 2.31. The van der Waals surface area contributed by atoms with Crippen LogP contribution in [-0.4, -0.2) is 20.9 Å². The maximum absolute atomic E-state index is 13.8. The molecule has 0 aromatic heterocycles. The summed E-state index contributed by atoms with van der Waals surface area (Å²) in [5.74, 6) is -0.725. The van der Waals surface area contributed by atoms with Crippen molar-refractivity contribution in [3.8, 4) is 0 Å². The van der Waals surface area contributed by atoms with Crippen molar-refractivity contribution < 1.29 is 17.6 Å². The molecule has 2 rings (SSSR count). The molecule has 0 spiro atoms. The smallest absolute Gasteiger partial charge is 0.261 e. The summed E-state index contributed by atoms with van der Waals surface area (Å²) in [4.78, 5) is 11.6. The van der Waals surface area contributed by atoms with Crippen LogP contribution in [0, 0.1) is 18.7 Å². The Labute approximate surface area is 121 Å². The van der Waals surface area contributed by atoms with Gasteiger partial charge in [-0.05, 0) is 37.0 Å². The van der Waals surface area contributed by atoms with E-state index >= 15 is 0 Å². The van der Waals surface area contributed by atoms with Crippen molar-refractivity contribution in [1.82, 2.24) is 5.32 Å². The Morgan fingerprint density at radius 2 is 2.10 bits per heavy atom. The Morgan fingerprint density at radius 1 is 1.45 bits per heavy atom. The van der Waals surface area contributed by atoms with E-state index in [0.717, 1.165) is 18.6 Å². The second-order valence-corrected chi connectivity index (χ2v) is 7.56. The van der Waals surface area contributed by atoms with E-state index in [0.29, 0.717) is 12.5 Å². The van der Waals surface area contributed by atoms with Crippen LogP contribution in [0.5, 0.6) is 0 Å². The lowest BCUT2D eigenvalue weighted by Crippen LogP contribution is -2.26. The van der Waals surface area contributed by atoms with Gasteiger partial charge in [0.2, 0.25) is 0 Å². The lowest BCUT2D eigenvalue weighted by Gasteiger charge is -2.09. The van der Waals surface area contributed by atoms with Gasteiger partial charge in [-0.1, -0.05) is 12.8 Å². The third-order valence-electron chi connectivity index (χ3n) is 3.31. The molecular formula is C13H15ClFNO3S. The summed E-state index contributed by atoms with van der Waals surface area (Å²) in [6.07, 6.45) is 3.20. The zero-order valence-electron chi connectivity index (χ0n) is 10.9. The van der Waals surface area contributed by atoms with Gasteiger partial charge in [0.05, 0.1) is 10.5 Å². The molecule has 0 aliphatic heterocycles. The molecule has 0 bridgehead atoms. The highest BCUT2D eigenvalue weighted by molar-refractivity contribution is 8.13. The third kappa shape index (κ3) is 3.70. The lowest BCUT2D eigenvalue weighted by molar-refractivity contribution is 0.0948. The fourth-order valence-electron chi connectivity index (χ4n) is 1.98. The SMILES string of the molecule is Cc1cc(F)c(C(=O)NCCC2CC2)cc1S(=O)(=O)Cl. The van der Waals surface area contributed by atoms with Crippen LogP contribution in [-0.2, 0) is 9.05 Å². The van der Waals surface area contributed by atoms with Gasteiger partial charge in [0.25, 0.3) is 15.0 Å². The average Bonchev–Trinajstić information content (AvgIpc) is 3.11. The van der Waals surface area contributed by atoms with Gasteiger partial charge in [-0.25, -0.2) is 12.8 Å². The van der Waals surface area contributed by atoms with Crippen LogP contribution in [0.2, 0.25) is 0 Å². The first-order chi connectivity index (χ1) is 9.29. The number of benzene rings is 1. The van der Waals surface area contributed by atoms with Crippen LogP contribution in [0.25, 0.3) is 0 Å². The minimum atomic E-state index is -4.00. The molecule has 1 amide bonds.